The van der Waals surface area contributed by atoms with Crippen molar-refractivity contribution in [2.24, 2.45) is 0 Å². The van der Waals surface area contributed by atoms with Gasteiger partial charge in [-0.2, -0.15) is 0 Å². The lowest BCUT2D eigenvalue weighted by Gasteiger charge is -2.15. The lowest BCUT2D eigenvalue weighted by Crippen LogP contribution is -2.16. The minimum Gasteiger partial charge on any atom is -0.487 e. The van der Waals surface area contributed by atoms with Gasteiger partial charge in [0.1, 0.15) is 23.8 Å². The fourth-order valence-corrected chi connectivity index (χ4v) is 2.93. The Labute approximate surface area is 133 Å². The molecule has 1 N–H and O–H groups in total. The minimum atomic E-state index is 0.427. The highest BCUT2D eigenvalue weighted by Crippen LogP contribution is 2.30. The number of hydrogen-bond acceptors (Lipinski definition) is 4. The molecule has 0 bridgehead atoms. The summed E-state index contributed by atoms with van der Waals surface area (Å²) in [6.45, 7) is 5.20. The maximum atomic E-state index is 5.99. The second-order valence-electron chi connectivity index (χ2n) is 5.58. The van der Waals surface area contributed by atoms with Gasteiger partial charge in [0.15, 0.2) is 0 Å². The van der Waals surface area contributed by atoms with Gasteiger partial charge in [-0.1, -0.05) is 21.1 Å². The molecule has 1 aliphatic carbocycles. The summed E-state index contributed by atoms with van der Waals surface area (Å²) in [4.78, 5) is 0. The van der Waals surface area contributed by atoms with Crippen LogP contribution in [0, 0.1) is 13.8 Å². The summed E-state index contributed by atoms with van der Waals surface area (Å²) in [6, 6.07) is 6.77. The van der Waals surface area contributed by atoms with Crippen molar-refractivity contribution in [3.63, 3.8) is 0 Å². The normalized spacial score (nSPS) is 14.4. The van der Waals surface area contributed by atoms with Crippen LogP contribution in [0.15, 0.2) is 27.2 Å². The Bertz CT molecular complexity index is 635. The molecule has 1 heterocycles. The SMILES string of the molecule is Cc1cc(COc2c(C)cc(Br)cc2CNC2CC2)no1. The van der Waals surface area contributed by atoms with Crippen LogP contribution in [-0.4, -0.2) is 11.2 Å². The number of rotatable bonds is 6. The molecule has 1 aromatic carbocycles. The molecule has 2 aromatic rings. The van der Waals surface area contributed by atoms with Gasteiger partial charge in [-0.05, 0) is 44.4 Å². The maximum absolute atomic E-state index is 5.99. The van der Waals surface area contributed by atoms with E-state index in [2.05, 4.69) is 45.5 Å². The smallest absolute Gasteiger partial charge is 0.134 e. The fraction of sp³-hybridized carbons (Fsp3) is 0.438. The van der Waals surface area contributed by atoms with Crippen LogP contribution in [0.2, 0.25) is 0 Å². The molecule has 1 fully saturated rings. The summed E-state index contributed by atoms with van der Waals surface area (Å²) in [5.74, 6) is 1.74. The predicted octanol–water partition coefficient (Wildman–Crippen LogP) is 3.88. The summed E-state index contributed by atoms with van der Waals surface area (Å²) >= 11 is 3.56. The van der Waals surface area contributed by atoms with Crippen molar-refractivity contribution in [2.45, 2.75) is 45.9 Å². The number of aryl methyl sites for hydroxylation is 2. The first-order chi connectivity index (χ1) is 10.1. The zero-order chi connectivity index (χ0) is 14.8. The highest BCUT2D eigenvalue weighted by molar-refractivity contribution is 9.10. The Morgan fingerprint density at radius 2 is 2.14 bits per heavy atom. The van der Waals surface area contributed by atoms with Crippen LogP contribution in [0.5, 0.6) is 5.75 Å². The zero-order valence-electron chi connectivity index (χ0n) is 12.3. The minimum absolute atomic E-state index is 0.427. The van der Waals surface area contributed by atoms with Gasteiger partial charge in [0.25, 0.3) is 0 Å². The number of ether oxygens (including phenoxy) is 1. The third kappa shape index (κ3) is 3.86. The van der Waals surface area contributed by atoms with Gasteiger partial charge in [0, 0.05) is 28.7 Å². The van der Waals surface area contributed by atoms with Crippen molar-refractivity contribution in [1.82, 2.24) is 10.5 Å². The van der Waals surface area contributed by atoms with Crippen molar-refractivity contribution in [2.75, 3.05) is 0 Å². The third-order valence-corrected chi connectivity index (χ3v) is 3.97. The van der Waals surface area contributed by atoms with E-state index in [0.29, 0.717) is 12.6 Å². The van der Waals surface area contributed by atoms with E-state index in [1.165, 1.54) is 18.4 Å². The van der Waals surface area contributed by atoms with E-state index in [4.69, 9.17) is 9.26 Å². The summed E-state index contributed by atoms with van der Waals surface area (Å²) in [5, 5.41) is 7.50. The van der Waals surface area contributed by atoms with E-state index in [1.54, 1.807) is 0 Å². The molecular weight excluding hydrogens is 332 g/mol. The van der Waals surface area contributed by atoms with Gasteiger partial charge < -0.3 is 14.6 Å². The molecule has 0 saturated heterocycles. The molecule has 0 aliphatic heterocycles. The molecule has 5 heteroatoms. The molecule has 1 saturated carbocycles. The Kier molecular flexibility index (Phi) is 4.31. The highest BCUT2D eigenvalue weighted by Gasteiger charge is 2.21. The van der Waals surface area contributed by atoms with Crippen molar-refractivity contribution in [1.29, 1.82) is 0 Å². The molecule has 0 radical (unpaired) electrons. The highest BCUT2D eigenvalue weighted by atomic mass is 79.9. The number of aromatic nitrogens is 1. The second kappa shape index (κ2) is 6.20. The van der Waals surface area contributed by atoms with Crippen LogP contribution >= 0.6 is 15.9 Å². The molecule has 0 spiro atoms. The van der Waals surface area contributed by atoms with E-state index in [9.17, 15) is 0 Å². The molecule has 1 aliphatic rings. The molecule has 0 amide bonds. The van der Waals surface area contributed by atoms with Gasteiger partial charge in [-0.15, -0.1) is 0 Å². The summed E-state index contributed by atoms with van der Waals surface area (Å²) in [6.07, 6.45) is 2.56. The van der Waals surface area contributed by atoms with Crippen LogP contribution < -0.4 is 10.1 Å². The average molecular weight is 351 g/mol. The second-order valence-corrected chi connectivity index (χ2v) is 6.50. The first-order valence-corrected chi connectivity index (χ1v) is 7.98. The molecular formula is C16H19BrN2O2. The van der Waals surface area contributed by atoms with Crippen LogP contribution in [-0.2, 0) is 13.2 Å². The van der Waals surface area contributed by atoms with Crippen LogP contribution in [0.25, 0.3) is 0 Å². The van der Waals surface area contributed by atoms with Crippen molar-refractivity contribution >= 4 is 15.9 Å². The van der Waals surface area contributed by atoms with E-state index < -0.39 is 0 Å². The lowest BCUT2D eigenvalue weighted by atomic mass is 10.1. The molecule has 0 atom stereocenters. The molecule has 1 aromatic heterocycles. The van der Waals surface area contributed by atoms with Gasteiger partial charge >= 0.3 is 0 Å². The number of nitrogens with one attached hydrogen (secondary N) is 1. The first kappa shape index (κ1) is 14.6. The Morgan fingerprint density at radius 3 is 2.81 bits per heavy atom. The van der Waals surface area contributed by atoms with Gasteiger partial charge in [0.2, 0.25) is 0 Å². The standard InChI is InChI=1S/C16H19BrN2O2/c1-10-5-13(17)7-12(8-18-14-3-4-14)16(10)20-9-15-6-11(2)21-19-15/h5-7,14,18H,3-4,8-9H2,1-2H3. The Hall–Kier alpha value is -1.33. The van der Waals surface area contributed by atoms with Gasteiger partial charge in [0.05, 0.1) is 0 Å². The van der Waals surface area contributed by atoms with Gasteiger partial charge in [-0.25, -0.2) is 0 Å². The molecule has 21 heavy (non-hydrogen) atoms. The number of halogens is 1. The molecule has 0 unspecified atom stereocenters. The Balaban J connectivity index is 1.74. The van der Waals surface area contributed by atoms with Crippen molar-refractivity contribution in [3.8, 4) is 5.75 Å². The van der Waals surface area contributed by atoms with Crippen molar-refractivity contribution in [3.05, 3.63) is 45.3 Å². The number of nitrogens with zero attached hydrogens (tertiary/aromatic N) is 1. The zero-order valence-corrected chi connectivity index (χ0v) is 13.9. The average Bonchev–Trinajstić information content (AvgIpc) is 3.17. The first-order valence-electron chi connectivity index (χ1n) is 7.19. The number of benzene rings is 1. The van der Waals surface area contributed by atoms with Crippen molar-refractivity contribution < 1.29 is 9.26 Å². The predicted molar refractivity (Wildman–Crippen MR) is 84.3 cm³/mol. The topological polar surface area (TPSA) is 47.3 Å². The van der Waals surface area contributed by atoms with E-state index in [-0.39, 0.29) is 0 Å². The quantitative estimate of drug-likeness (QED) is 0.858. The fourth-order valence-electron chi connectivity index (χ4n) is 2.31. The summed E-state index contributed by atoms with van der Waals surface area (Å²) < 4.78 is 12.1. The molecule has 4 nitrogen and oxygen atoms in total. The Morgan fingerprint density at radius 1 is 1.33 bits per heavy atom. The van der Waals surface area contributed by atoms with Gasteiger partial charge in [-0.3, -0.25) is 0 Å². The van der Waals surface area contributed by atoms with Crippen LogP contribution in [0.4, 0.5) is 0 Å². The molecule has 112 valence electrons. The van der Waals surface area contributed by atoms with E-state index in [1.807, 2.05) is 13.0 Å². The van der Waals surface area contributed by atoms with Crippen LogP contribution in [0.1, 0.15) is 35.4 Å². The maximum Gasteiger partial charge on any atom is 0.134 e. The third-order valence-electron chi connectivity index (χ3n) is 3.52. The summed E-state index contributed by atoms with van der Waals surface area (Å²) in [5.41, 5.74) is 3.11. The number of hydrogen-bond donors (Lipinski definition) is 1. The molecule has 3 rings (SSSR count). The van der Waals surface area contributed by atoms with Crippen LogP contribution in [0.3, 0.4) is 0 Å². The lowest BCUT2D eigenvalue weighted by molar-refractivity contribution is 0.282. The summed E-state index contributed by atoms with van der Waals surface area (Å²) in [7, 11) is 0. The van der Waals surface area contributed by atoms with E-state index in [0.717, 1.165) is 33.8 Å². The monoisotopic (exact) mass is 350 g/mol. The van der Waals surface area contributed by atoms with E-state index >= 15 is 0 Å². The largest absolute Gasteiger partial charge is 0.487 e.